The molecule has 0 aliphatic heterocycles. The number of hydrogen-bond acceptors (Lipinski definition) is 2. The molecule has 2 aliphatic carbocycles. The van der Waals surface area contributed by atoms with Gasteiger partial charge in [0.2, 0.25) is 0 Å². The van der Waals surface area contributed by atoms with Gasteiger partial charge in [0.1, 0.15) is 0 Å². The third-order valence-corrected chi connectivity index (χ3v) is 6.10. The molecule has 24 heavy (non-hydrogen) atoms. The Morgan fingerprint density at radius 2 is 2.00 bits per heavy atom. The van der Waals surface area contributed by atoms with Gasteiger partial charge in [-0.2, -0.15) is 13.2 Å². The van der Waals surface area contributed by atoms with E-state index in [4.69, 9.17) is 0 Å². The van der Waals surface area contributed by atoms with Crippen molar-refractivity contribution in [1.29, 1.82) is 0 Å². The summed E-state index contributed by atoms with van der Waals surface area (Å²) < 4.78 is 36.9. The number of fused-ring (bicyclic) bond motifs is 1. The molecule has 0 aromatic heterocycles. The fourth-order valence-electron chi connectivity index (χ4n) is 4.29. The molecule has 2 rings (SSSR count). The van der Waals surface area contributed by atoms with Crippen LogP contribution >= 0.6 is 0 Å². The smallest absolute Gasteiger partial charge is 0.389 e. The maximum absolute atomic E-state index is 12.4. The highest BCUT2D eigenvalue weighted by molar-refractivity contribution is 5.97. The minimum Gasteiger partial charge on any atom is -0.396 e. The second kappa shape index (κ2) is 7.59. The van der Waals surface area contributed by atoms with E-state index in [1.807, 2.05) is 6.92 Å². The van der Waals surface area contributed by atoms with Gasteiger partial charge in [-0.25, -0.2) is 0 Å². The molecule has 138 valence electrons. The molecular formula is C19H29F3O2. The van der Waals surface area contributed by atoms with Crippen molar-refractivity contribution in [3.05, 3.63) is 11.1 Å². The number of aliphatic hydroxyl groups excluding tert-OH is 1. The van der Waals surface area contributed by atoms with Gasteiger partial charge >= 0.3 is 6.18 Å². The topological polar surface area (TPSA) is 37.3 Å². The molecule has 5 heteroatoms. The van der Waals surface area contributed by atoms with Crippen LogP contribution in [-0.2, 0) is 4.79 Å². The van der Waals surface area contributed by atoms with Crippen LogP contribution in [0.25, 0.3) is 0 Å². The molecular weight excluding hydrogens is 317 g/mol. The number of carbonyl (C=O) groups excluding carboxylic acids is 1. The number of alkyl halides is 3. The first-order chi connectivity index (χ1) is 11.2. The van der Waals surface area contributed by atoms with Gasteiger partial charge in [0.05, 0.1) is 0 Å². The van der Waals surface area contributed by atoms with Crippen LogP contribution in [-0.4, -0.2) is 23.7 Å². The number of hydrogen-bond donors (Lipinski definition) is 1. The average Bonchev–Trinajstić information content (AvgIpc) is 2.51. The molecule has 3 atom stereocenters. The minimum absolute atomic E-state index is 0.0267. The van der Waals surface area contributed by atoms with Crippen molar-refractivity contribution < 1.29 is 23.1 Å². The van der Waals surface area contributed by atoms with E-state index in [9.17, 15) is 23.1 Å². The molecule has 0 saturated heterocycles. The van der Waals surface area contributed by atoms with Crippen LogP contribution in [0.2, 0.25) is 0 Å². The van der Waals surface area contributed by atoms with E-state index in [-0.39, 0.29) is 30.1 Å². The Morgan fingerprint density at radius 3 is 2.62 bits per heavy atom. The predicted molar refractivity (Wildman–Crippen MR) is 87.5 cm³/mol. The first-order valence-electron chi connectivity index (χ1n) is 9.09. The molecule has 0 amide bonds. The summed E-state index contributed by atoms with van der Waals surface area (Å²) in [4.78, 5) is 12.4. The molecule has 2 aliphatic rings. The molecule has 0 heterocycles. The zero-order valence-electron chi connectivity index (χ0n) is 14.7. The molecule has 2 nitrogen and oxygen atoms in total. The zero-order chi connectivity index (χ0) is 18.0. The Morgan fingerprint density at radius 1 is 1.29 bits per heavy atom. The normalized spacial score (nSPS) is 29.6. The van der Waals surface area contributed by atoms with E-state index in [1.54, 1.807) is 0 Å². The molecule has 0 aromatic carbocycles. The van der Waals surface area contributed by atoms with Gasteiger partial charge in [-0.05, 0) is 67.8 Å². The van der Waals surface area contributed by atoms with E-state index in [0.717, 1.165) is 31.3 Å². The van der Waals surface area contributed by atoms with Crippen LogP contribution in [0.5, 0.6) is 0 Å². The predicted octanol–water partition coefficient (Wildman–Crippen LogP) is 5.20. The molecule has 1 saturated carbocycles. The van der Waals surface area contributed by atoms with Crippen molar-refractivity contribution >= 4 is 5.78 Å². The molecule has 0 aromatic rings. The Hall–Kier alpha value is -0.840. The average molecular weight is 346 g/mol. The van der Waals surface area contributed by atoms with Crippen molar-refractivity contribution in [3.63, 3.8) is 0 Å². The standard InChI is InChI=1S/C19H29F3O2/c1-13(12-23)14-6-9-18(2)10-7-17(24)15(16(18)11-14)5-3-4-8-19(20,21)22/h13-14,23H,3-12H2,1-2H3/t13?,14-,18-/m1/s1. The summed E-state index contributed by atoms with van der Waals surface area (Å²) in [7, 11) is 0. The van der Waals surface area contributed by atoms with E-state index < -0.39 is 12.6 Å². The second-order valence-electron chi connectivity index (χ2n) is 7.93. The van der Waals surface area contributed by atoms with Crippen molar-refractivity contribution in [2.75, 3.05) is 6.61 Å². The lowest BCUT2D eigenvalue weighted by Gasteiger charge is -2.45. The van der Waals surface area contributed by atoms with E-state index >= 15 is 0 Å². The van der Waals surface area contributed by atoms with E-state index in [1.165, 1.54) is 5.57 Å². The van der Waals surface area contributed by atoms with Gasteiger partial charge < -0.3 is 5.11 Å². The van der Waals surface area contributed by atoms with Crippen LogP contribution in [0.15, 0.2) is 11.1 Å². The maximum Gasteiger partial charge on any atom is 0.389 e. The van der Waals surface area contributed by atoms with Crippen molar-refractivity contribution in [1.82, 2.24) is 0 Å². The summed E-state index contributed by atoms with van der Waals surface area (Å²) in [5.74, 6) is 0.700. The number of carbonyl (C=O) groups is 1. The van der Waals surface area contributed by atoms with Crippen LogP contribution in [0.4, 0.5) is 13.2 Å². The Bertz CT molecular complexity index is 495. The van der Waals surface area contributed by atoms with Gasteiger partial charge in [0.15, 0.2) is 5.78 Å². The van der Waals surface area contributed by atoms with Gasteiger partial charge in [0.25, 0.3) is 0 Å². The minimum atomic E-state index is -4.12. The van der Waals surface area contributed by atoms with Gasteiger partial charge in [0, 0.05) is 19.4 Å². The largest absolute Gasteiger partial charge is 0.396 e. The lowest BCUT2D eigenvalue weighted by atomic mass is 9.59. The summed E-state index contributed by atoms with van der Waals surface area (Å²) in [6.07, 6.45) is 0.344. The van der Waals surface area contributed by atoms with E-state index in [2.05, 4.69) is 6.92 Å². The van der Waals surface area contributed by atoms with Crippen molar-refractivity contribution in [2.24, 2.45) is 17.3 Å². The van der Waals surface area contributed by atoms with Gasteiger partial charge in [-0.3, -0.25) is 4.79 Å². The first-order valence-corrected chi connectivity index (χ1v) is 9.09. The highest BCUT2D eigenvalue weighted by Gasteiger charge is 2.42. The number of allylic oxidation sites excluding steroid dienone is 2. The molecule has 1 unspecified atom stereocenters. The summed E-state index contributed by atoms with van der Waals surface area (Å²) in [6, 6.07) is 0. The number of ketones is 1. The van der Waals surface area contributed by atoms with Crippen LogP contribution in [0, 0.1) is 17.3 Å². The Balaban J connectivity index is 2.12. The maximum atomic E-state index is 12.4. The van der Waals surface area contributed by atoms with E-state index in [0.29, 0.717) is 25.2 Å². The van der Waals surface area contributed by atoms with Crippen LogP contribution < -0.4 is 0 Å². The summed E-state index contributed by atoms with van der Waals surface area (Å²) in [6.45, 7) is 4.37. The number of halogens is 3. The first kappa shape index (κ1) is 19.5. The highest BCUT2D eigenvalue weighted by Crippen LogP contribution is 2.52. The molecule has 1 N–H and O–H groups in total. The highest BCUT2D eigenvalue weighted by atomic mass is 19.4. The molecule has 0 radical (unpaired) electrons. The fraction of sp³-hybridized carbons (Fsp3) is 0.842. The fourth-order valence-corrected chi connectivity index (χ4v) is 4.29. The lowest BCUT2D eigenvalue weighted by molar-refractivity contribution is -0.135. The monoisotopic (exact) mass is 346 g/mol. The zero-order valence-corrected chi connectivity index (χ0v) is 14.7. The van der Waals surface area contributed by atoms with Crippen molar-refractivity contribution in [3.8, 4) is 0 Å². The van der Waals surface area contributed by atoms with Gasteiger partial charge in [-0.1, -0.05) is 19.4 Å². The molecule has 0 spiro atoms. The third kappa shape index (κ3) is 4.62. The SMILES string of the molecule is CC(CO)[C@@H]1CC[C@]2(C)CCC(=O)C(CCCCC(F)(F)F)=C2C1. The number of unbranched alkanes of at least 4 members (excludes halogenated alkanes) is 1. The Kier molecular flexibility index (Phi) is 6.16. The number of rotatable bonds is 6. The summed E-state index contributed by atoms with van der Waals surface area (Å²) in [5.41, 5.74) is 2.02. The van der Waals surface area contributed by atoms with Gasteiger partial charge in [-0.15, -0.1) is 0 Å². The summed E-state index contributed by atoms with van der Waals surface area (Å²) >= 11 is 0. The number of Topliss-reactive ketones (excluding diaryl/α,β-unsaturated/α-hetero) is 1. The van der Waals surface area contributed by atoms with Crippen LogP contribution in [0.3, 0.4) is 0 Å². The molecule has 0 bridgehead atoms. The third-order valence-electron chi connectivity index (χ3n) is 6.10. The quantitative estimate of drug-likeness (QED) is 0.671. The van der Waals surface area contributed by atoms with Crippen LogP contribution in [0.1, 0.15) is 71.6 Å². The second-order valence-corrected chi connectivity index (χ2v) is 7.93. The summed E-state index contributed by atoms with van der Waals surface area (Å²) in [5, 5.41) is 9.43. The molecule has 1 fully saturated rings. The lowest BCUT2D eigenvalue weighted by Crippen LogP contribution is -2.36. The number of aliphatic hydroxyl groups is 1. The Labute approximate surface area is 142 Å². The van der Waals surface area contributed by atoms with Crippen molar-refractivity contribution in [2.45, 2.75) is 77.8 Å².